The van der Waals surface area contributed by atoms with Crippen LogP contribution < -0.4 is 5.73 Å². The van der Waals surface area contributed by atoms with Crippen LogP contribution in [-0.4, -0.2) is 12.1 Å². The van der Waals surface area contributed by atoms with E-state index in [0.717, 1.165) is 19.4 Å². The SMILES string of the molecule is NC1CCCC1OCc1ccsc1. The van der Waals surface area contributed by atoms with Gasteiger partial charge in [0.05, 0.1) is 12.7 Å². The smallest absolute Gasteiger partial charge is 0.0730 e. The van der Waals surface area contributed by atoms with Gasteiger partial charge >= 0.3 is 0 Å². The molecule has 1 fully saturated rings. The van der Waals surface area contributed by atoms with Crippen LogP contribution in [0.4, 0.5) is 0 Å². The van der Waals surface area contributed by atoms with Gasteiger partial charge < -0.3 is 10.5 Å². The van der Waals surface area contributed by atoms with Crippen molar-refractivity contribution in [3.05, 3.63) is 22.4 Å². The van der Waals surface area contributed by atoms with E-state index in [2.05, 4.69) is 16.8 Å². The van der Waals surface area contributed by atoms with E-state index >= 15 is 0 Å². The van der Waals surface area contributed by atoms with Crippen LogP contribution in [0.3, 0.4) is 0 Å². The van der Waals surface area contributed by atoms with Crippen LogP contribution in [-0.2, 0) is 11.3 Å². The molecule has 1 aliphatic carbocycles. The molecule has 1 saturated carbocycles. The first-order valence-electron chi connectivity index (χ1n) is 4.74. The third-order valence-corrected chi connectivity index (χ3v) is 3.28. The highest BCUT2D eigenvalue weighted by Gasteiger charge is 2.24. The number of rotatable bonds is 3. The second-order valence-corrected chi connectivity index (χ2v) is 4.36. The van der Waals surface area contributed by atoms with E-state index in [-0.39, 0.29) is 6.04 Å². The van der Waals surface area contributed by atoms with Crippen molar-refractivity contribution >= 4 is 11.3 Å². The number of ether oxygens (including phenoxy) is 1. The Bertz CT molecular complexity index is 247. The van der Waals surface area contributed by atoms with Crippen LogP contribution in [0.15, 0.2) is 16.8 Å². The molecule has 2 atom stereocenters. The maximum Gasteiger partial charge on any atom is 0.0730 e. The Morgan fingerprint density at radius 1 is 1.54 bits per heavy atom. The van der Waals surface area contributed by atoms with Gasteiger partial charge in [-0.15, -0.1) is 0 Å². The highest BCUT2D eigenvalue weighted by Crippen LogP contribution is 2.21. The van der Waals surface area contributed by atoms with Crippen molar-refractivity contribution in [1.29, 1.82) is 0 Å². The predicted molar refractivity (Wildman–Crippen MR) is 54.7 cm³/mol. The van der Waals surface area contributed by atoms with Crippen LogP contribution >= 0.6 is 11.3 Å². The zero-order chi connectivity index (χ0) is 9.10. The van der Waals surface area contributed by atoms with Gasteiger partial charge in [0.25, 0.3) is 0 Å². The summed E-state index contributed by atoms with van der Waals surface area (Å²) in [5.41, 5.74) is 7.16. The first kappa shape index (κ1) is 9.19. The van der Waals surface area contributed by atoms with Gasteiger partial charge in [-0.25, -0.2) is 0 Å². The fourth-order valence-corrected chi connectivity index (χ4v) is 2.39. The molecule has 3 heteroatoms. The topological polar surface area (TPSA) is 35.2 Å². The standard InChI is InChI=1S/C10H15NOS/c11-9-2-1-3-10(9)12-6-8-4-5-13-7-8/h4-5,7,9-10H,1-3,6,11H2. The molecule has 1 aromatic heterocycles. The minimum atomic E-state index is 0.263. The molecule has 1 heterocycles. The van der Waals surface area contributed by atoms with Crippen molar-refractivity contribution in [3.8, 4) is 0 Å². The molecule has 2 N–H and O–H groups in total. The van der Waals surface area contributed by atoms with Crippen molar-refractivity contribution in [2.45, 2.75) is 38.0 Å². The van der Waals surface area contributed by atoms with E-state index in [1.165, 1.54) is 12.0 Å². The van der Waals surface area contributed by atoms with Crippen LogP contribution in [0.2, 0.25) is 0 Å². The lowest BCUT2D eigenvalue weighted by Gasteiger charge is -2.15. The van der Waals surface area contributed by atoms with E-state index in [4.69, 9.17) is 10.5 Å². The van der Waals surface area contributed by atoms with Gasteiger partial charge in [0.1, 0.15) is 0 Å². The summed E-state index contributed by atoms with van der Waals surface area (Å²) >= 11 is 1.71. The Kier molecular flexibility index (Phi) is 2.98. The molecular formula is C10H15NOS. The van der Waals surface area contributed by atoms with Gasteiger partial charge in [-0.2, -0.15) is 11.3 Å². The van der Waals surface area contributed by atoms with Crippen molar-refractivity contribution < 1.29 is 4.74 Å². The normalized spacial score (nSPS) is 28.1. The third-order valence-electron chi connectivity index (χ3n) is 2.55. The molecule has 0 radical (unpaired) electrons. The molecule has 0 saturated heterocycles. The maximum atomic E-state index is 5.90. The molecule has 72 valence electrons. The maximum absolute atomic E-state index is 5.90. The van der Waals surface area contributed by atoms with Gasteiger partial charge in [0.15, 0.2) is 0 Å². The van der Waals surface area contributed by atoms with E-state index in [1.54, 1.807) is 11.3 Å². The Labute approximate surface area is 82.7 Å². The number of hydrogen-bond donors (Lipinski definition) is 1. The highest BCUT2D eigenvalue weighted by atomic mass is 32.1. The van der Waals surface area contributed by atoms with Crippen molar-refractivity contribution in [3.63, 3.8) is 0 Å². The lowest BCUT2D eigenvalue weighted by molar-refractivity contribution is 0.0359. The minimum absolute atomic E-state index is 0.263. The molecule has 0 aliphatic heterocycles. The summed E-state index contributed by atoms with van der Waals surface area (Å²) in [6.07, 6.45) is 3.76. The largest absolute Gasteiger partial charge is 0.372 e. The average Bonchev–Trinajstić information content (AvgIpc) is 2.72. The molecule has 2 rings (SSSR count). The molecule has 13 heavy (non-hydrogen) atoms. The zero-order valence-corrected chi connectivity index (χ0v) is 8.43. The molecule has 1 aromatic rings. The predicted octanol–water partition coefficient (Wildman–Crippen LogP) is 2.14. The molecule has 1 aliphatic rings. The summed E-state index contributed by atoms with van der Waals surface area (Å²) in [5, 5.41) is 4.20. The number of hydrogen-bond acceptors (Lipinski definition) is 3. The van der Waals surface area contributed by atoms with Crippen LogP contribution in [0.5, 0.6) is 0 Å². The Morgan fingerprint density at radius 2 is 2.46 bits per heavy atom. The molecule has 0 bridgehead atoms. The van der Waals surface area contributed by atoms with E-state index < -0.39 is 0 Å². The van der Waals surface area contributed by atoms with Gasteiger partial charge in [-0.3, -0.25) is 0 Å². The van der Waals surface area contributed by atoms with E-state index in [9.17, 15) is 0 Å². The summed E-state index contributed by atoms with van der Waals surface area (Å²) in [5.74, 6) is 0. The Morgan fingerprint density at radius 3 is 3.08 bits per heavy atom. The van der Waals surface area contributed by atoms with Crippen molar-refractivity contribution in [2.24, 2.45) is 5.73 Å². The van der Waals surface area contributed by atoms with Crippen molar-refractivity contribution in [2.75, 3.05) is 0 Å². The van der Waals surface area contributed by atoms with Crippen LogP contribution in [0, 0.1) is 0 Å². The zero-order valence-electron chi connectivity index (χ0n) is 7.61. The Hall–Kier alpha value is -0.380. The van der Waals surface area contributed by atoms with Gasteiger partial charge in [0.2, 0.25) is 0 Å². The average molecular weight is 197 g/mol. The highest BCUT2D eigenvalue weighted by molar-refractivity contribution is 7.07. The van der Waals surface area contributed by atoms with E-state index in [0.29, 0.717) is 6.10 Å². The van der Waals surface area contributed by atoms with Gasteiger partial charge in [-0.1, -0.05) is 0 Å². The van der Waals surface area contributed by atoms with Gasteiger partial charge in [0, 0.05) is 6.04 Å². The monoisotopic (exact) mass is 197 g/mol. The lowest BCUT2D eigenvalue weighted by Crippen LogP contribution is -2.31. The lowest BCUT2D eigenvalue weighted by atomic mass is 10.2. The summed E-state index contributed by atoms with van der Waals surface area (Å²) < 4.78 is 5.74. The fraction of sp³-hybridized carbons (Fsp3) is 0.600. The molecule has 2 nitrogen and oxygen atoms in total. The quantitative estimate of drug-likeness (QED) is 0.805. The van der Waals surface area contributed by atoms with E-state index in [1.807, 2.05) is 0 Å². The van der Waals surface area contributed by atoms with Crippen molar-refractivity contribution in [1.82, 2.24) is 0 Å². The Balaban J connectivity index is 1.79. The molecular weight excluding hydrogens is 182 g/mol. The molecule has 2 unspecified atom stereocenters. The second-order valence-electron chi connectivity index (χ2n) is 3.58. The molecule has 0 spiro atoms. The fourth-order valence-electron chi connectivity index (χ4n) is 1.74. The first-order chi connectivity index (χ1) is 6.36. The summed E-state index contributed by atoms with van der Waals surface area (Å²) in [6.45, 7) is 0.724. The summed E-state index contributed by atoms with van der Waals surface area (Å²) in [6, 6.07) is 2.36. The second kappa shape index (κ2) is 4.22. The van der Waals surface area contributed by atoms with Crippen LogP contribution in [0.25, 0.3) is 0 Å². The summed E-state index contributed by atoms with van der Waals surface area (Å²) in [4.78, 5) is 0. The van der Waals surface area contributed by atoms with Crippen LogP contribution in [0.1, 0.15) is 24.8 Å². The number of nitrogens with two attached hydrogens (primary N) is 1. The number of thiophene rings is 1. The van der Waals surface area contributed by atoms with Gasteiger partial charge in [-0.05, 0) is 41.7 Å². The molecule has 0 aromatic carbocycles. The third kappa shape index (κ3) is 2.30. The first-order valence-corrected chi connectivity index (χ1v) is 5.69. The minimum Gasteiger partial charge on any atom is -0.372 e. The summed E-state index contributed by atoms with van der Waals surface area (Å²) in [7, 11) is 0. The molecule has 0 amide bonds.